The summed E-state index contributed by atoms with van der Waals surface area (Å²) < 4.78 is 35.6. The Morgan fingerprint density at radius 1 is 0.793 bits per heavy atom. The van der Waals surface area contributed by atoms with Gasteiger partial charge in [-0.15, -0.1) is 0 Å². The highest BCUT2D eigenvalue weighted by molar-refractivity contribution is 7.92. The van der Waals surface area contributed by atoms with Gasteiger partial charge in [-0.2, -0.15) is 5.43 Å². The van der Waals surface area contributed by atoms with E-state index in [1.807, 2.05) is 55.8 Å². The van der Waals surface area contributed by atoms with Crippen molar-refractivity contribution >= 4 is 26.5 Å². The van der Waals surface area contributed by atoms with Gasteiger partial charge in [0.05, 0.1) is 11.9 Å². The Morgan fingerprint density at radius 2 is 1.45 bits per heavy atom. The molecule has 0 amide bonds. The molecule has 0 unspecified atom stereocenters. The fraction of sp³-hybridized carbons (Fsp3) is 0.0455. The largest absolute Gasteiger partial charge is 0.457 e. The molecule has 29 heavy (non-hydrogen) atoms. The first-order chi connectivity index (χ1) is 14.0. The standard InChI is InChI=1S/C22H20N3O3S/c1-23-25-14-12-21(13-15-25)28-20-9-7-19(8-10-20)24-29(26,27)22-11-6-17-4-2-3-5-18(17)16-22/h2-16,23-24H,1H3/q+1. The number of benzene rings is 3. The monoisotopic (exact) mass is 406 g/mol. The van der Waals surface area contributed by atoms with Gasteiger partial charge in [-0.3, -0.25) is 4.72 Å². The van der Waals surface area contributed by atoms with Crippen LogP contribution >= 0.6 is 0 Å². The number of hydrogen-bond donors (Lipinski definition) is 2. The van der Waals surface area contributed by atoms with Crippen molar-refractivity contribution in [2.24, 2.45) is 0 Å². The molecule has 4 aromatic rings. The number of anilines is 1. The van der Waals surface area contributed by atoms with Crippen LogP contribution in [0, 0.1) is 0 Å². The van der Waals surface area contributed by atoms with Crippen molar-refractivity contribution < 1.29 is 17.8 Å². The van der Waals surface area contributed by atoms with Gasteiger partial charge in [-0.05, 0) is 47.2 Å². The van der Waals surface area contributed by atoms with E-state index >= 15 is 0 Å². The lowest BCUT2D eigenvalue weighted by molar-refractivity contribution is -0.647. The fourth-order valence-corrected chi connectivity index (χ4v) is 4.00. The van der Waals surface area contributed by atoms with Crippen LogP contribution in [-0.4, -0.2) is 15.5 Å². The number of nitrogens with one attached hydrogen (secondary N) is 2. The van der Waals surface area contributed by atoms with Gasteiger partial charge in [0.25, 0.3) is 10.0 Å². The van der Waals surface area contributed by atoms with Crippen LogP contribution in [0.1, 0.15) is 0 Å². The second kappa shape index (κ2) is 7.81. The molecule has 0 radical (unpaired) electrons. The third-order valence-corrected chi connectivity index (χ3v) is 5.81. The van der Waals surface area contributed by atoms with Crippen molar-refractivity contribution in [3.05, 3.63) is 91.3 Å². The highest BCUT2D eigenvalue weighted by Crippen LogP contribution is 2.25. The lowest BCUT2D eigenvalue weighted by atomic mass is 10.1. The summed E-state index contributed by atoms with van der Waals surface area (Å²) in [5, 5.41) is 1.87. The zero-order valence-electron chi connectivity index (χ0n) is 15.7. The van der Waals surface area contributed by atoms with Gasteiger partial charge in [-0.25, -0.2) is 8.42 Å². The van der Waals surface area contributed by atoms with Gasteiger partial charge in [0.15, 0.2) is 0 Å². The number of rotatable bonds is 6. The Kier molecular flexibility index (Phi) is 5.05. The predicted octanol–water partition coefficient (Wildman–Crippen LogP) is 3.89. The van der Waals surface area contributed by atoms with Crippen LogP contribution in [0.3, 0.4) is 0 Å². The molecule has 0 saturated heterocycles. The van der Waals surface area contributed by atoms with Crippen LogP contribution in [0.5, 0.6) is 11.5 Å². The van der Waals surface area contributed by atoms with E-state index in [-0.39, 0.29) is 4.90 Å². The fourth-order valence-electron chi connectivity index (χ4n) is 2.91. The first-order valence-electron chi connectivity index (χ1n) is 9.02. The molecule has 7 heteroatoms. The maximum absolute atomic E-state index is 12.7. The van der Waals surface area contributed by atoms with E-state index in [4.69, 9.17) is 4.74 Å². The molecular formula is C22H20N3O3S+. The van der Waals surface area contributed by atoms with Crippen molar-refractivity contribution in [3.8, 4) is 11.5 Å². The molecule has 0 fully saturated rings. The molecule has 2 N–H and O–H groups in total. The molecule has 1 heterocycles. The van der Waals surface area contributed by atoms with Crippen molar-refractivity contribution in [3.63, 3.8) is 0 Å². The molecule has 0 bridgehead atoms. The molecule has 146 valence electrons. The lowest BCUT2D eigenvalue weighted by Crippen LogP contribution is -2.41. The van der Waals surface area contributed by atoms with E-state index in [2.05, 4.69) is 10.1 Å². The SMILES string of the molecule is CN[n+]1ccc(Oc2ccc(NS(=O)(=O)c3ccc4ccccc4c3)cc2)cc1. The molecule has 4 rings (SSSR count). The quantitative estimate of drug-likeness (QED) is 0.477. The van der Waals surface area contributed by atoms with Crippen LogP contribution in [0.15, 0.2) is 96.2 Å². The molecule has 0 aliphatic rings. The van der Waals surface area contributed by atoms with E-state index < -0.39 is 10.0 Å². The highest BCUT2D eigenvalue weighted by atomic mass is 32.2. The minimum atomic E-state index is -3.68. The third-order valence-electron chi connectivity index (χ3n) is 4.43. The Balaban J connectivity index is 1.49. The Morgan fingerprint density at radius 3 is 2.14 bits per heavy atom. The second-order valence-corrected chi connectivity index (χ2v) is 8.09. The van der Waals surface area contributed by atoms with E-state index in [1.54, 1.807) is 47.1 Å². The van der Waals surface area contributed by atoms with Gasteiger partial charge in [0.1, 0.15) is 11.5 Å². The number of aromatic nitrogens is 1. The van der Waals surface area contributed by atoms with Crippen molar-refractivity contribution in [1.82, 2.24) is 0 Å². The molecule has 0 aliphatic carbocycles. The van der Waals surface area contributed by atoms with Gasteiger partial charge in [0, 0.05) is 17.8 Å². The molecule has 1 aromatic heterocycles. The normalized spacial score (nSPS) is 11.2. The number of nitrogens with zero attached hydrogens (tertiary/aromatic N) is 1. The molecule has 0 saturated carbocycles. The maximum atomic E-state index is 12.7. The number of fused-ring (bicyclic) bond motifs is 1. The first kappa shape index (κ1) is 18.8. The molecular weight excluding hydrogens is 386 g/mol. The Bertz CT molecular complexity index is 1240. The number of hydrogen-bond acceptors (Lipinski definition) is 4. The molecule has 0 atom stereocenters. The van der Waals surface area contributed by atoms with E-state index in [0.717, 1.165) is 10.8 Å². The molecule has 6 nitrogen and oxygen atoms in total. The van der Waals surface area contributed by atoms with Crippen molar-refractivity contribution in [1.29, 1.82) is 0 Å². The van der Waals surface area contributed by atoms with E-state index in [0.29, 0.717) is 17.2 Å². The second-order valence-electron chi connectivity index (χ2n) is 6.41. The predicted molar refractivity (Wildman–Crippen MR) is 113 cm³/mol. The Labute approximate surface area is 169 Å². The topological polar surface area (TPSA) is 71.3 Å². The minimum Gasteiger partial charge on any atom is -0.457 e. The average molecular weight is 406 g/mol. The number of pyridine rings is 1. The maximum Gasteiger partial charge on any atom is 0.261 e. The van der Waals surface area contributed by atoms with Gasteiger partial charge >= 0.3 is 0 Å². The molecule has 0 aliphatic heterocycles. The lowest BCUT2D eigenvalue weighted by Gasteiger charge is -2.10. The summed E-state index contributed by atoms with van der Waals surface area (Å²) in [4.78, 5) is 0.221. The van der Waals surface area contributed by atoms with Crippen LogP contribution in [0.25, 0.3) is 10.8 Å². The highest BCUT2D eigenvalue weighted by Gasteiger charge is 2.14. The zero-order valence-corrected chi connectivity index (χ0v) is 16.6. The molecule has 0 spiro atoms. The Hall–Kier alpha value is -3.58. The van der Waals surface area contributed by atoms with Crippen LogP contribution in [0.2, 0.25) is 0 Å². The van der Waals surface area contributed by atoms with Crippen LogP contribution in [-0.2, 0) is 10.0 Å². The van der Waals surface area contributed by atoms with Crippen molar-refractivity contribution in [2.45, 2.75) is 4.90 Å². The van der Waals surface area contributed by atoms with Crippen molar-refractivity contribution in [2.75, 3.05) is 17.2 Å². The smallest absolute Gasteiger partial charge is 0.261 e. The van der Waals surface area contributed by atoms with E-state index in [9.17, 15) is 8.42 Å². The average Bonchev–Trinajstić information content (AvgIpc) is 2.75. The number of ether oxygens (including phenoxy) is 1. The van der Waals surface area contributed by atoms with Gasteiger partial charge in [-0.1, -0.05) is 35.0 Å². The molecule has 3 aromatic carbocycles. The number of sulfonamides is 1. The summed E-state index contributed by atoms with van der Waals surface area (Å²) >= 11 is 0. The van der Waals surface area contributed by atoms with Crippen LogP contribution in [0.4, 0.5) is 5.69 Å². The summed E-state index contributed by atoms with van der Waals surface area (Å²) in [6.07, 6.45) is 3.67. The van der Waals surface area contributed by atoms with Gasteiger partial charge in [0.2, 0.25) is 12.4 Å². The zero-order chi connectivity index (χ0) is 20.3. The summed E-state index contributed by atoms with van der Waals surface area (Å²) in [5.41, 5.74) is 3.43. The van der Waals surface area contributed by atoms with Gasteiger partial charge < -0.3 is 4.74 Å². The summed E-state index contributed by atoms with van der Waals surface area (Å²) in [5.74, 6) is 1.29. The summed E-state index contributed by atoms with van der Waals surface area (Å²) in [7, 11) is -1.87. The van der Waals surface area contributed by atoms with Crippen LogP contribution < -0.4 is 19.6 Å². The summed E-state index contributed by atoms with van der Waals surface area (Å²) in [6.45, 7) is 0. The first-order valence-corrected chi connectivity index (χ1v) is 10.5. The summed E-state index contributed by atoms with van der Waals surface area (Å²) in [6, 6.07) is 23.2. The third kappa shape index (κ3) is 4.30. The minimum absolute atomic E-state index is 0.221. The van der Waals surface area contributed by atoms with E-state index in [1.165, 1.54) is 0 Å².